The number of ether oxygens (including phenoxy) is 1. The van der Waals surface area contributed by atoms with Gasteiger partial charge in [0.05, 0.1) is 0 Å². The SMILES string of the molecule is CCCNC(CC(C)CC)CC1CCOC1. The van der Waals surface area contributed by atoms with Gasteiger partial charge in [0.1, 0.15) is 0 Å². The second-order valence-electron chi connectivity index (χ2n) is 5.37. The highest BCUT2D eigenvalue weighted by molar-refractivity contribution is 4.76. The van der Waals surface area contributed by atoms with E-state index in [9.17, 15) is 0 Å². The van der Waals surface area contributed by atoms with Gasteiger partial charge in [0.2, 0.25) is 0 Å². The predicted octanol–water partition coefficient (Wildman–Crippen LogP) is 3.22. The highest BCUT2D eigenvalue weighted by Gasteiger charge is 2.21. The third kappa shape index (κ3) is 5.31. The molecule has 16 heavy (non-hydrogen) atoms. The maximum atomic E-state index is 5.47. The van der Waals surface area contributed by atoms with Gasteiger partial charge in [-0.05, 0) is 44.1 Å². The van der Waals surface area contributed by atoms with Crippen LogP contribution in [0.15, 0.2) is 0 Å². The molecule has 0 aromatic rings. The first kappa shape index (κ1) is 14.0. The molecule has 1 saturated heterocycles. The molecule has 0 amide bonds. The van der Waals surface area contributed by atoms with Crippen LogP contribution in [0.5, 0.6) is 0 Å². The van der Waals surface area contributed by atoms with Crippen molar-refractivity contribution in [2.75, 3.05) is 19.8 Å². The van der Waals surface area contributed by atoms with Crippen molar-refractivity contribution in [3.63, 3.8) is 0 Å². The van der Waals surface area contributed by atoms with Crippen LogP contribution in [0.3, 0.4) is 0 Å². The summed E-state index contributed by atoms with van der Waals surface area (Å²) in [6.07, 6.45) is 6.44. The van der Waals surface area contributed by atoms with E-state index in [1.165, 1.54) is 32.1 Å². The summed E-state index contributed by atoms with van der Waals surface area (Å²) in [6, 6.07) is 0.710. The number of nitrogens with one attached hydrogen (secondary N) is 1. The van der Waals surface area contributed by atoms with Crippen molar-refractivity contribution in [3.05, 3.63) is 0 Å². The normalized spacial score (nSPS) is 24.6. The maximum absolute atomic E-state index is 5.47. The van der Waals surface area contributed by atoms with E-state index in [1.54, 1.807) is 0 Å². The van der Waals surface area contributed by atoms with Crippen LogP contribution in [0, 0.1) is 11.8 Å². The van der Waals surface area contributed by atoms with E-state index in [-0.39, 0.29) is 0 Å². The molecule has 1 aliphatic heterocycles. The zero-order chi connectivity index (χ0) is 11.8. The second kappa shape index (κ2) is 8.08. The summed E-state index contributed by atoms with van der Waals surface area (Å²) >= 11 is 0. The summed E-state index contributed by atoms with van der Waals surface area (Å²) in [7, 11) is 0. The zero-order valence-corrected chi connectivity index (χ0v) is 11.3. The number of hydrogen-bond acceptors (Lipinski definition) is 2. The fourth-order valence-corrected chi connectivity index (χ4v) is 2.44. The molecule has 1 fully saturated rings. The Hall–Kier alpha value is -0.0800. The van der Waals surface area contributed by atoms with E-state index >= 15 is 0 Å². The Bertz CT molecular complexity index is 166. The van der Waals surface area contributed by atoms with Crippen LogP contribution in [-0.2, 0) is 4.74 Å². The van der Waals surface area contributed by atoms with Gasteiger partial charge in [0.15, 0.2) is 0 Å². The summed E-state index contributed by atoms with van der Waals surface area (Å²) in [5.74, 6) is 1.65. The van der Waals surface area contributed by atoms with E-state index in [1.807, 2.05) is 0 Å². The van der Waals surface area contributed by atoms with E-state index in [0.29, 0.717) is 6.04 Å². The molecule has 1 rings (SSSR count). The molecule has 0 aromatic carbocycles. The molecule has 0 bridgehead atoms. The van der Waals surface area contributed by atoms with Crippen molar-refractivity contribution in [1.82, 2.24) is 5.32 Å². The van der Waals surface area contributed by atoms with Crippen LogP contribution >= 0.6 is 0 Å². The Balaban J connectivity index is 2.29. The monoisotopic (exact) mass is 227 g/mol. The van der Waals surface area contributed by atoms with Crippen LogP contribution in [0.2, 0.25) is 0 Å². The van der Waals surface area contributed by atoms with Crippen molar-refractivity contribution in [3.8, 4) is 0 Å². The Labute approximate surface area is 101 Å². The topological polar surface area (TPSA) is 21.3 Å². The van der Waals surface area contributed by atoms with Crippen molar-refractivity contribution in [2.24, 2.45) is 11.8 Å². The number of rotatable bonds is 8. The fraction of sp³-hybridized carbons (Fsp3) is 1.00. The summed E-state index contributed by atoms with van der Waals surface area (Å²) < 4.78 is 5.47. The van der Waals surface area contributed by atoms with E-state index in [2.05, 4.69) is 26.1 Å². The summed E-state index contributed by atoms with van der Waals surface area (Å²) in [5, 5.41) is 3.71. The van der Waals surface area contributed by atoms with Crippen LogP contribution in [0.25, 0.3) is 0 Å². The molecule has 2 nitrogen and oxygen atoms in total. The fourth-order valence-electron chi connectivity index (χ4n) is 2.44. The molecule has 1 heterocycles. The Kier molecular flexibility index (Phi) is 7.06. The first-order valence-electron chi connectivity index (χ1n) is 7.07. The van der Waals surface area contributed by atoms with Crippen LogP contribution in [-0.4, -0.2) is 25.8 Å². The summed E-state index contributed by atoms with van der Waals surface area (Å²) in [4.78, 5) is 0. The zero-order valence-electron chi connectivity index (χ0n) is 11.3. The number of hydrogen-bond donors (Lipinski definition) is 1. The third-order valence-electron chi connectivity index (χ3n) is 3.71. The van der Waals surface area contributed by atoms with Gasteiger partial charge >= 0.3 is 0 Å². The average Bonchev–Trinajstić information content (AvgIpc) is 2.78. The van der Waals surface area contributed by atoms with Gasteiger partial charge in [-0.3, -0.25) is 0 Å². The smallest absolute Gasteiger partial charge is 0.0495 e. The van der Waals surface area contributed by atoms with Crippen LogP contribution < -0.4 is 5.32 Å². The Morgan fingerprint density at radius 1 is 1.38 bits per heavy atom. The minimum atomic E-state index is 0.710. The Morgan fingerprint density at radius 3 is 2.75 bits per heavy atom. The largest absolute Gasteiger partial charge is 0.381 e. The predicted molar refractivity (Wildman–Crippen MR) is 69.7 cm³/mol. The maximum Gasteiger partial charge on any atom is 0.0495 e. The molecule has 0 saturated carbocycles. The molecule has 3 unspecified atom stereocenters. The summed E-state index contributed by atoms with van der Waals surface area (Å²) in [6.45, 7) is 10.0. The first-order chi connectivity index (χ1) is 7.76. The van der Waals surface area contributed by atoms with Gasteiger partial charge in [0.25, 0.3) is 0 Å². The molecule has 1 N–H and O–H groups in total. The quantitative estimate of drug-likeness (QED) is 0.687. The van der Waals surface area contributed by atoms with Crippen LogP contribution in [0.1, 0.15) is 52.9 Å². The van der Waals surface area contributed by atoms with E-state index in [4.69, 9.17) is 4.74 Å². The van der Waals surface area contributed by atoms with Gasteiger partial charge in [-0.25, -0.2) is 0 Å². The van der Waals surface area contributed by atoms with E-state index in [0.717, 1.165) is 31.6 Å². The first-order valence-corrected chi connectivity index (χ1v) is 7.07. The third-order valence-corrected chi connectivity index (χ3v) is 3.71. The summed E-state index contributed by atoms with van der Waals surface area (Å²) in [5.41, 5.74) is 0. The standard InChI is InChI=1S/C14H29NO/c1-4-7-15-14(9-12(3)5-2)10-13-6-8-16-11-13/h12-15H,4-11H2,1-3H3. The molecule has 96 valence electrons. The van der Waals surface area contributed by atoms with Gasteiger partial charge in [0, 0.05) is 19.3 Å². The lowest BCUT2D eigenvalue weighted by molar-refractivity contribution is 0.180. The molecule has 0 aromatic heterocycles. The van der Waals surface area contributed by atoms with Crippen LogP contribution in [0.4, 0.5) is 0 Å². The molecule has 0 spiro atoms. The van der Waals surface area contributed by atoms with Crippen molar-refractivity contribution >= 4 is 0 Å². The highest BCUT2D eigenvalue weighted by atomic mass is 16.5. The molecule has 0 radical (unpaired) electrons. The lowest BCUT2D eigenvalue weighted by Gasteiger charge is -2.24. The second-order valence-corrected chi connectivity index (χ2v) is 5.37. The minimum Gasteiger partial charge on any atom is -0.381 e. The lowest BCUT2D eigenvalue weighted by atomic mass is 9.91. The molecule has 0 aliphatic carbocycles. The molecular formula is C14H29NO. The van der Waals surface area contributed by atoms with Crippen molar-refractivity contribution < 1.29 is 4.74 Å². The highest BCUT2D eigenvalue weighted by Crippen LogP contribution is 2.22. The molecule has 2 heteroatoms. The van der Waals surface area contributed by atoms with Crippen molar-refractivity contribution in [1.29, 1.82) is 0 Å². The average molecular weight is 227 g/mol. The van der Waals surface area contributed by atoms with Gasteiger partial charge in [-0.1, -0.05) is 27.2 Å². The van der Waals surface area contributed by atoms with Crippen molar-refractivity contribution in [2.45, 2.75) is 58.9 Å². The minimum absolute atomic E-state index is 0.710. The molecule has 3 atom stereocenters. The molecular weight excluding hydrogens is 198 g/mol. The molecule has 1 aliphatic rings. The lowest BCUT2D eigenvalue weighted by Crippen LogP contribution is -2.33. The van der Waals surface area contributed by atoms with Gasteiger partial charge in [-0.15, -0.1) is 0 Å². The van der Waals surface area contributed by atoms with Gasteiger partial charge < -0.3 is 10.1 Å². The van der Waals surface area contributed by atoms with Gasteiger partial charge in [-0.2, -0.15) is 0 Å². The van der Waals surface area contributed by atoms with E-state index < -0.39 is 0 Å². The Morgan fingerprint density at radius 2 is 2.19 bits per heavy atom.